The van der Waals surface area contributed by atoms with E-state index in [2.05, 4.69) is 51.3 Å². The molecule has 2 aliphatic rings. The highest BCUT2D eigenvalue weighted by molar-refractivity contribution is 9.10. The van der Waals surface area contributed by atoms with E-state index < -0.39 is 0 Å². The van der Waals surface area contributed by atoms with Gasteiger partial charge in [-0.1, -0.05) is 28.8 Å². The maximum absolute atomic E-state index is 3.77. The number of anilines is 1. The number of benzene rings is 1. The second-order valence-corrected chi connectivity index (χ2v) is 6.68. The van der Waals surface area contributed by atoms with E-state index in [0.29, 0.717) is 5.54 Å². The third-order valence-electron chi connectivity index (χ3n) is 4.44. The smallest absolute Gasteiger partial charge is 0.0397 e. The number of nitrogens with zero attached hydrogens (tertiary/aromatic N) is 1. The van der Waals surface area contributed by atoms with Crippen molar-refractivity contribution in [1.82, 2.24) is 5.32 Å². The number of aryl methyl sites for hydroxylation is 1. The highest BCUT2D eigenvalue weighted by atomic mass is 79.9. The van der Waals surface area contributed by atoms with Crippen molar-refractivity contribution in [3.05, 3.63) is 28.2 Å². The van der Waals surface area contributed by atoms with E-state index in [9.17, 15) is 0 Å². The largest absolute Gasteiger partial charge is 0.368 e. The summed E-state index contributed by atoms with van der Waals surface area (Å²) in [5.74, 6) is 0. The first-order chi connectivity index (χ1) is 8.69. The fourth-order valence-corrected chi connectivity index (χ4v) is 4.00. The zero-order valence-electron chi connectivity index (χ0n) is 11.0. The monoisotopic (exact) mass is 308 g/mol. The molecule has 2 nitrogen and oxygen atoms in total. The molecule has 0 amide bonds. The van der Waals surface area contributed by atoms with Crippen LogP contribution in [0.15, 0.2) is 22.7 Å². The van der Waals surface area contributed by atoms with Gasteiger partial charge in [-0.3, -0.25) is 0 Å². The Morgan fingerprint density at radius 2 is 2.06 bits per heavy atom. The minimum Gasteiger partial charge on any atom is -0.368 e. The molecule has 0 radical (unpaired) electrons. The molecule has 0 aromatic heterocycles. The van der Waals surface area contributed by atoms with Crippen molar-refractivity contribution < 1.29 is 0 Å². The molecular formula is C15H21BrN2. The lowest BCUT2D eigenvalue weighted by molar-refractivity contribution is 0.304. The Bertz CT molecular complexity index is 438. The van der Waals surface area contributed by atoms with E-state index in [0.717, 1.165) is 13.1 Å². The highest BCUT2D eigenvalue weighted by Crippen LogP contribution is 2.34. The average Bonchev–Trinajstić information content (AvgIpc) is 2.77. The van der Waals surface area contributed by atoms with Gasteiger partial charge in [-0.25, -0.2) is 0 Å². The van der Waals surface area contributed by atoms with Crippen LogP contribution in [0.3, 0.4) is 0 Å². The van der Waals surface area contributed by atoms with Crippen LogP contribution in [0.1, 0.15) is 31.2 Å². The van der Waals surface area contributed by atoms with Gasteiger partial charge >= 0.3 is 0 Å². The predicted octanol–water partition coefficient (Wildman–Crippen LogP) is 3.48. The molecular weight excluding hydrogens is 288 g/mol. The summed E-state index contributed by atoms with van der Waals surface area (Å²) < 4.78 is 1.18. The number of rotatable bonds is 1. The third kappa shape index (κ3) is 2.30. The maximum Gasteiger partial charge on any atom is 0.0397 e. The Kier molecular flexibility index (Phi) is 3.37. The summed E-state index contributed by atoms with van der Waals surface area (Å²) >= 11 is 3.55. The van der Waals surface area contributed by atoms with Crippen LogP contribution in [0.25, 0.3) is 0 Å². The average molecular weight is 309 g/mol. The van der Waals surface area contributed by atoms with Crippen LogP contribution in [0.4, 0.5) is 5.69 Å². The Balaban J connectivity index is 1.83. The summed E-state index contributed by atoms with van der Waals surface area (Å²) in [4.78, 5) is 2.57. The van der Waals surface area contributed by atoms with Gasteiger partial charge < -0.3 is 10.2 Å². The van der Waals surface area contributed by atoms with Crippen LogP contribution in [-0.2, 0) is 0 Å². The third-order valence-corrected chi connectivity index (χ3v) is 4.93. The molecule has 1 aromatic rings. The topological polar surface area (TPSA) is 15.3 Å². The molecule has 1 spiro atoms. The van der Waals surface area contributed by atoms with Crippen molar-refractivity contribution in [3.63, 3.8) is 0 Å². The number of piperazine rings is 1. The van der Waals surface area contributed by atoms with Gasteiger partial charge in [0.15, 0.2) is 0 Å². The fourth-order valence-electron chi connectivity index (χ4n) is 3.52. The van der Waals surface area contributed by atoms with Gasteiger partial charge in [0.05, 0.1) is 0 Å². The van der Waals surface area contributed by atoms with Gasteiger partial charge in [0.25, 0.3) is 0 Å². The molecule has 1 aromatic carbocycles. The van der Waals surface area contributed by atoms with Crippen molar-refractivity contribution in [3.8, 4) is 0 Å². The molecule has 18 heavy (non-hydrogen) atoms. The molecule has 1 N–H and O–H groups in total. The van der Waals surface area contributed by atoms with Gasteiger partial charge in [-0.15, -0.1) is 0 Å². The molecule has 1 saturated heterocycles. The number of hydrogen-bond donors (Lipinski definition) is 1. The Morgan fingerprint density at radius 1 is 1.28 bits per heavy atom. The summed E-state index contributed by atoms with van der Waals surface area (Å²) in [5, 5.41) is 3.77. The van der Waals surface area contributed by atoms with Crippen LogP contribution in [0.2, 0.25) is 0 Å². The second kappa shape index (κ2) is 4.86. The van der Waals surface area contributed by atoms with Crippen LogP contribution in [0, 0.1) is 6.92 Å². The van der Waals surface area contributed by atoms with Gasteiger partial charge in [0.2, 0.25) is 0 Å². The fraction of sp³-hybridized carbons (Fsp3) is 0.600. The Hall–Kier alpha value is -0.540. The Labute approximate surface area is 118 Å². The summed E-state index contributed by atoms with van der Waals surface area (Å²) in [5.41, 5.74) is 3.18. The molecule has 0 bridgehead atoms. The van der Waals surface area contributed by atoms with Crippen LogP contribution in [0.5, 0.6) is 0 Å². The van der Waals surface area contributed by atoms with Gasteiger partial charge in [-0.2, -0.15) is 0 Å². The lowest BCUT2D eigenvalue weighted by Crippen LogP contribution is -2.59. The van der Waals surface area contributed by atoms with Crippen molar-refractivity contribution >= 4 is 21.6 Å². The SMILES string of the molecule is Cc1cc(Br)ccc1N1CCNC2(CCCC2)C1. The van der Waals surface area contributed by atoms with E-state index >= 15 is 0 Å². The molecule has 98 valence electrons. The second-order valence-electron chi connectivity index (χ2n) is 5.77. The van der Waals surface area contributed by atoms with E-state index in [4.69, 9.17) is 0 Å². The summed E-state index contributed by atoms with van der Waals surface area (Å²) in [6.45, 7) is 5.64. The molecule has 2 fully saturated rings. The summed E-state index contributed by atoms with van der Waals surface area (Å²) in [6, 6.07) is 6.64. The first kappa shape index (κ1) is 12.5. The van der Waals surface area contributed by atoms with Crippen molar-refractivity contribution in [2.24, 2.45) is 0 Å². The summed E-state index contributed by atoms with van der Waals surface area (Å²) in [6.07, 6.45) is 5.47. The van der Waals surface area contributed by atoms with Crippen LogP contribution in [-0.4, -0.2) is 25.2 Å². The molecule has 0 atom stereocenters. The van der Waals surface area contributed by atoms with Crippen molar-refractivity contribution in [2.75, 3.05) is 24.5 Å². The van der Waals surface area contributed by atoms with Crippen LogP contribution < -0.4 is 10.2 Å². The lowest BCUT2D eigenvalue weighted by Gasteiger charge is -2.43. The normalized spacial score (nSPS) is 22.7. The molecule has 1 saturated carbocycles. The molecule has 1 aliphatic heterocycles. The highest BCUT2D eigenvalue weighted by Gasteiger charge is 2.37. The summed E-state index contributed by atoms with van der Waals surface area (Å²) in [7, 11) is 0. The number of halogens is 1. The van der Waals surface area contributed by atoms with Crippen molar-refractivity contribution in [2.45, 2.75) is 38.1 Å². The number of hydrogen-bond acceptors (Lipinski definition) is 2. The van der Waals surface area contributed by atoms with Crippen molar-refractivity contribution in [1.29, 1.82) is 0 Å². The predicted molar refractivity (Wildman–Crippen MR) is 80.3 cm³/mol. The minimum atomic E-state index is 0.401. The standard InChI is InChI=1S/C15H21BrN2/c1-12-10-13(16)4-5-14(12)18-9-8-17-15(11-18)6-2-3-7-15/h4-5,10,17H,2-3,6-9,11H2,1H3. The van der Waals surface area contributed by atoms with E-state index in [-0.39, 0.29) is 0 Å². The van der Waals surface area contributed by atoms with E-state index in [1.165, 1.54) is 48.0 Å². The first-order valence-corrected chi connectivity index (χ1v) is 7.74. The molecule has 1 aliphatic carbocycles. The number of nitrogens with one attached hydrogen (secondary N) is 1. The molecule has 1 heterocycles. The lowest BCUT2D eigenvalue weighted by atomic mass is 9.94. The van der Waals surface area contributed by atoms with Gasteiger partial charge in [-0.05, 0) is 43.5 Å². The first-order valence-electron chi connectivity index (χ1n) is 6.95. The Morgan fingerprint density at radius 3 is 2.78 bits per heavy atom. The molecule has 3 heteroatoms. The minimum absolute atomic E-state index is 0.401. The quantitative estimate of drug-likeness (QED) is 0.854. The van der Waals surface area contributed by atoms with Gasteiger partial charge in [0.1, 0.15) is 0 Å². The maximum atomic E-state index is 3.77. The van der Waals surface area contributed by atoms with E-state index in [1.807, 2.05) is 0 Å². The zero-order valence-corrected chi connectivity index (χ0v) is 12.6. The molecule has 0 unspecified atom stereocenters. The zero-order chi connectivity index (χ0) is 12.6. The molecule has 3 rings (SSSR count). The van der Waals surface area contributed by atoms with Gasteiger partial charge in [0, 0.05) is 35.3 Å². The van der Waals surface area contributed by atoms with Crippen LogP contribution >= 0.6 is 15.9 Å². The van der Waals surface area contributed by atoms with E-state index in [1.54, 1.807) is 0 Å².